The lowest BCUT2D eigenvalue weighted by Gasteiger charge is -2.12. The highest BCUT2D eigenvalue weighted by atomic mass is 35.5. The monoisotopic (exact) mass is 372 g/mol. The van der Waals surface area contributed by atoms with Crippen LogP contribution in [0.5, 0.6) is 5.95 Å². The maximum Gasteiger partial charge on any atom is 0.272 e. The number of hydrogen-bond acceptors (Lipinski definition) is 3. The second-order valence-electron chi connectivity index (χ2n) is 6.26. The van der Waals surface area contributed by atoms with Gasteiger partial charge in [-0.3, -0.25) is 0 Å². The number of pyridine rings is 1. The number of hydrogen-bond donors (Lipinski definition) is 0. The largest absolute Gasteiger partial charge is 0.539 e. The summed E-state index contributed by atoms with van der Waals surface area (Å²) in [6.45, 7) is 0. The van der Waals surface area contributed by atoms with Crippen molar-refractivity contribution in [1.29, 1.82) is 0 Å². The molecule has 2 aromatic heterocycles. The highest BCUT2D eigenvalue weighted by molar-refractivity contribution is 6.31. The van der Waals surface area contributed by atoms with E-state index in [1.165, 1.54) is 0 Å². The second-order valence-corrected chi connectivity index (χ2v) is 6.70. The van der Waals surface area contributed by atoms with Crippen LogP contribution in [-0.2, 0) is 0 Å². The van der Waals surface area contributed by atoms with Crippen LogP contribution in [0.3, 0.4) is 0 Å². The van der Waals surface area contributed by atoms with E-state index in [-0.39, 0.29) is 0 Å². The van der Waals surface area contributed by atoms with Gasteiger partial charge in [-0.25, -0.2) is 0 Å². The Kier molecular flexibility index (Phi) is 3.59. The van der Waals surface area contributed by atoms with Gasteiger partial charge >= 0.3 is 0 Å². The fourth-order valence-electron chi connectivity index (χ4n) is 3.56. The van der Waals surface area contributed by atoms with Gasteiger partial charge in [0.25, 0.3) is 5.52 Å². The SMILES string of the molecule is [O-]c1on[n+]2c1c(-c1ccccc1)c(-c1ccccc1)c1cc(Cl)ccc12. The first-order valence-corrected chi connectivity index (χ1v) is 8.86. The third kappa shape index (κ3) is 2.46. The highest BCUT2D eigenvalue weighted by Crippen LogP contribution is 2.41. The Hall–Kier alpha value is -3.37. The minimum absolute atomic E-state index is 0.412. The van der Waals surface area contributed by atoms with Crippen molar-refractivity contribution in [2.45, 2.75) is 0 Å². The lowest BCUT2D eigenvalue weighted by atomic mass is 9.91. The van der Waals surface area contributed by atoms with E-state index < -0.39 is 5.95 Å². The van der Waals surface area contributed by atoms with Crippen LogP contribution in [0.4, 0.5) is 0 Å². The van der Waals surface area contributed by atoms with E-state index in [0.29, 0.717) is 10.5 Å². The Morgan fingerprint density at radius 3 is 2.11 bits per heavy atom. The molecule has 130 valence electrons. The molecule has 0 saturated heterocycles. The molecule has 3 aromatic carbocycles. The molecule has 0 radical (unpaired) electrons. The summed E-state index contributed by atoms with van der Waals surface area (Å²) >= 11 is 6.32. The van der Waals surface area contributed by atoms with Gasteiger partial charge in [0.05, 0.1) is 16.2 Å². The second kappa shape index (κ2) is 6.11. The molecule has 5 rings (SSSR count). The third-order valence-corrected chi connectivity index (χ3v) is 4.91. The van der Waals surface area contributed by atoms with E-state index in [1.807, 2.05) is 72.8 Å². The zero-order valence-corrected chi connectivity index (χ0v) is 14.9. The highest BCUT2D eigenvalue weighted by Gasteiger charge is 2.26. The van der Waals surface area contributed by atoms with Crippen molar-refractivity contribution >= 4 is 28.0 Å². The molecule has 0 saturated carbocycles. The normalized spacial score (nSPS) is 11.3. The number of aromatic nitrogens is 2. The molecule has 0 unspecified atom stereocenters. The van der Waals surface area contributed by atoms with E-state index in [1.54, 1.807) is 10.6 Å². The van der Waals surface area contributed by atoms with Crippen molar-refractivity contribution in [3.63, 3.8) is 0 Å². The summed E-state index contributed by atoms with van der Waals surface area (Å²) < 4.78 is 6.59. The van der Waals surface area contributed by atoms with Crippen LogP contribution in [-0.4, -0.2) is 5.27 Å². The van der Waals surface area contributed by atoms with E-state index >= 15 is 0 Å². The number of nitrogens with zero attached hydrogens (tertiary/aromatic N) is 2. The van der Waals surface area contributed by atoms with Gasteiger partial charge in [-0.15, -0.1) is 0 Å². The topological polar surface area (TPSA) is 53.2 Å². The molecule has 0 spiro atoms. The van der Waals surface area contributed by atoms with Gasteiger partial charge in [0.2, 0.25) is 5.52 Å². The van der Waals surface area contributed by atoms with Crippen LogP contribution in [0.1, 0.15) is 0 Å². The van der Waals surface area contributed by atoms with Gasteiger partial charge in [0.15, 0.2) is 5.95 Å². The summed E-state index contributed by atoms with van der Waals surface area (Å²) in [5.74, 6) is -0.470. The van der Waals surface area contributed by atoms with E-state index in [9.17, 15) is 5.11 Å². The van der Waals surface area contributed by atoms with Crippen LogP contribution in [0.25, 0.3) is 38.7 Å². The Bertz CT molecular complexity index is 1280. The molecule has 4 nitrogen and oxygen atoms in total. The summed E-state index contributed by atoms with van der Waals surface area (Å²) in [6, 6.07) is 25.3. The predicted octanol–water partition coefficient (Wildman–Crippen LogP) is 4.63. The molecular formula is C22H13ClN2O2. The van der Waals surface area contributed by atoms with Crippen molar-refractivity contribution in [1.82, 2.24) is 5.27 Å². The molecule has 0 N–H and O–H groups in total. The van der Waals surface area contributed by atoms with Gasteiger partial charge in [0, 0.05) is 16.7 Å². The fourth-order valence-corrected chi connectivity index (χ4v) is 3.73. The van der Waals surface area contributed by atoms with Crippen LogP contribution < -0.4 is 9.62 Å². The van der Waals surface area contributed by atoms with E-state index in [0.717, 1.165) is 33.2 Å². The van der Waals surface area contributed by atoms with Gasteiger partial charge < -0.3 is 9.63 Å². The van der Waals surface area contributed by atoms with Gasteiger partial charge in [-0.1, -0.05) is 72.3 Å². The fraction of sp³-hybridized carbons (Fsp3) is 0. The third-order valence-electron chi connectivity index (χ3n) is 4.68. The first-order valence-electron chi connectivity index (χ1n) is 8.49. The average molecular weight is 373 g/mol. The Morgan fingerprint density at radius 1 is 0.815 bits per heavy atom. The number of halogens is 1. The van der Waals surface area contributed by atoms with Crippen molar-refractivity contribution in [2.24, 2.45) is 0 Å². The molecule has 0 atom stereocenters. The maximum atomic E-state index is 12.6. The molecule has 0 fully saturated rings. The van der Waals surface area contributed by atoms with Gasteiger partial charge in [-0.05, 0) is 27.8 Å². The Labute approximate surface area is 159 Å². The maximum absolute atomic E-state index is 12.6. The zero-order chi connectivity index (χ0) is 18.4. The lowest BCUT2D eigenvalue weighted by Crippen LogP contribution is -2.25. The number of benzene rings is 3. The van der Waals surface area contributed by atoms with Crippen LogP contribution >= 0.6 is 11.6 Å². The van der Waals surface area contributed by atoms with Crippen molar-refractivity contribution in [2.75, 3.05) is 0 Å². The summed E-state index contributed by atoms with van der Waals surface area (Å²) in [4.78, 5) is 0. The minimum atomic E-state index is -0.470. The molecule has 0 amide bonds. The first-order chi connectivity index (χ1) is 13.2. The molecule has 0 bridgehead atoms. The zero-order valence-electron chi connectivity index (χ0n) is 14.1. The molecule has 5 heteroatoms. The molecule has 27 heavy (non-hydrogen) atoms. The summed E-state index contributed by atoms with van der Waals surface area (Å²) in [5.41, 5.74) is 4.79. The lowest BCUT2D eigenvalue weighted by molar-refractivity contribution is -0.567. The Morgan fingerprint density at radius 2 is 1.44 bits per heavy atom. The smallest absolute Gasteiger partial charge is 0.272 e. The standard InChI is InChI=1S/C22H13ClN2O2/c23-16-11-12-18-17(13-16)19(14-7-3-1-4-8-14)20(15-9-5-2-6-10-15)21-22(26)27-24-25(18)21/h1-13H. The van der Waals surface area contributed by atoms with Crippen LogP contribution in [0.15, 0.2) is 83.4 Å². The van der Waals surface area contributed by atoms with Crippen molar-refractivity contribution < 1.29 is 14.1 Å². The average Bonchev–Trinajstić information content (AvgIpc) is 3.09. The van der Waals surface area contributed by atoms with E-state index in [2.05, 4.69) is 5.27 Å². The van der Waals surface area contributed by atoms with Crippen LogP contribution in [0, 0.1) is 0 Å². The van der Waals surface area contributed by atoms with E-state index in [4.69, 9.17) is 16.1 Å². The Balaban J connectivity index is 2.08. The molecule has 0 aliphatic heterocycles. The number of rotatable bonds is 2. The summed E-state index contributed by atoms with van der Waals surface area (Å²) in [6.07, 6.45) is 0. The molecule has 5 aromatic rings. The van der Waals surface area contributed by atoms with Crippen LogP contribution in [0.2, 0.25) is 5.02 Å². The van der Waals surface area contributed by atoms with Crippen molar-refractivity contribution in [3.8, 4) is 28.2 Å². The first kappa shape index (κ1) is 15.9. The molecule has 0 aliphatic carbocycles. The minimum Gasteiger partial charge on any atom is -0.539 e. The van der Waals surface area contributed by atoms with Gasteiger partial charge in [-0.2, -0.15) is 0 Å². The molecule has 0 aliphatic rings. The molecular weight excluding hydrogens is 360 g/mol. The molecule has 2 heterocycles. The predicted molar refractivity (Wildman–Crippen MR) is 102 cm³/mol. The summed E-state index contributed by atoms with van der Waals surface area (Å²) in [7, 11) is 0. The quantitative estimate of drug-likeness (QED) is 0.424. The summed E-state index contributed by atoms with van der Waals surface area (Å²) in [5, 5.41) is 18.1. The van der Waals surface area contributed by atoms with Gasteiger partial charge in [0.1, 0.15) is 0 Å². The number of fused-ring (bicyclic) bond motifs is 3. The van der Waals surface area contributed by atoms with Crippen molar-refractivity contribution in [3.05, 3.63) is 83.9 Å².